The Morgan fingerprint density at radius 2 is 1.84 bits per heavy atom. The van der Waals surface area contributed by atoms with Crippen LogP contribution in [0.5, 0.6) is 0 Å². The highest BCUT2D eigenvalue weighted by molar-refractivity contribution is 7.09. The van der Waals surface area contributed by atoms with E-state index in [0.717, 1.165) is 11.1 Å². The highest BCUT2D eigenvalue weighted by atomic mass is 32.1. The van der Waals surface area contributed by atoms with Crippen molar-refractivity contribution < 1.29 is 37.7 Å². The Balaban J connectivity index is 2.47. The van der Waals surface area contributed by atoms with Gasteiger partial charge >= 0.3 is 12.1 Å². The predicted octanol–water partition coefficient (Wildman–Crippen LogP) is 5.97. The summed E-state index contributed by atoms with van der Waals surface area (Å²) in [6, 6.07) is 0. The molecule has 5 atom stereocenters. The first-order valence-electron chi connectivity index (χ1n) is 12.7. The molecule has 0 amide bonds. The Bertz CT molecular complexity index is 1070. The van der Waals surface area contributed by atoms with Crippen LogP contribution < -0.4 is 0 Å². The average molecular weight is 558 g/mol. The molecule has 0 spiro atoms. The number of thiazole rings is 1. The Labute approximate surface area is 226 Å². The van der Waals surface area contributed by atoms with Crippen LogP contribution in [0.15, 0.2) is 34.8 Å². The van der Waals surface area contributed by atoms with Crippen LogP contribution in [-0.2, 0) is 14.3 Å². The van der Waals surface area contributed by atoms with Crippen molar-refractivity contribution in [3.05, 3.63) is 45.5 Å². The summed E-state index contributed by atoms with van der Waals surface area (Å²) in [5, 5.41) is 24.1. The number of ketones is 1. The highest BCUT2D eigenvalue weighted by Gasteiger charge is 2.42. The minimum absolute atomic E-state index is 0.232. The van der Waals surface area contributed by atoms with Gasteiger partial charge in [-0.15, -0.1) is 11.3 Å². The Morgan fingerprint density at radius 1 is 1.18 bits per heavy atom. The molecule has 6 nitrogen and oxygen atoms in total. The van der Waals surface area contributed by atoms with Crippen molar-refractivity contribution >= 4 is 29.2 Å². The first-order chi connectivity index (χ1) is 17.5. The first kappa shape index (κ1) is 31.9. The van der Waals surface area contributed by atoms with Crippen LogP contribution in [0.3, 0.4) is 0 Å². The summed E-state index contributed by atoms with van der Waals surface area (Å²) < 4.78 is 46.9. The number of carbonyl (C=O) groups excluding carboxylic acids is 2. The quantitative estimate of drug-likeness (QED) is 0.343. The second-order valence-corrected chi connectivity index (χ2v) is 11.7. The van der Waals surface area contributed by atoms with E-state index >= 15 is 0 Å². The fourth-order valence-electron chi connectivity index (χ4n) is 4.34. The lowest BCUT2D eigenvalue weighted by molar-refractivity contribution is -0.154. The Kier molecular flexibility index (Phi) is 11.1. The van der Waals surface area contributed by atoms with Crippen LogP contribution in [0.2, 0.25) is 0 Å². The van der Waals surface area contributed by atoms with Crippen molar-refractivity contribution in [2.45, 2.75) is 91.7 Å². The number of alkyl halides is 3. The summed E-state index contributed by atoms with van der Waals surface area (Å²) >= 11 is 1.41. The third kappa shape index (κ3) is 8.61. The molecule has 212 valence electrons. The molecular weight excluding hydrogens is 519 g/mol. The number of aliphatic hydroxyl groups is 2. The van der Waals surface area contributed by atoms with Gasteiger partial charge in [0.05, 0.1) is 34.7 Å². The van der Waals surface area contributed by atoms with Gasteiger partial charge in [-0.25, -0.2) is 4.98 Å². The highest BCUT2D eigenvalue weighted by Crippen LogP contribution is 2.33. The molecule has 2 heterocycles. The van der Waals surface area contributed by atoms with E-state index in [0.29, 0.717) is 11.3 Å². The van der Waals surface area contributed by atoms with E-state index in [1.807, 2.05) is 6.92 Å². The van der Waals surface area contributed by atoms with Crippen LogP contribution in [-0.4, -0.2) is 51.4 Å². The zero-order valence-electron chi connectivity index (χ0n) is 22.7. The van der Waals surface area contributed by atoms with E-state index in [4.69, 9.17) is 4.74 Å². The number of Topliss-reactive ketones (excluding diaryl/α,β-unsaturated/α-hetero) is 1. The molecule has 2 rings (SSSR count). The summed E-state index contributed by atoms with van der Waals surface area (Å²) in [6.45, 7) is 9.72. The third-order valence-electron chi connectivity index (χ3n) is 7.09. The smallest absolute Gasteiger partial charge is 0.412 e. The number of hydrogen-bond acceptors (Lipinski definition) is 7. The second-order valence-electron chi connectivity index (χ2n) is 10.6. The lowest BCUT2D eigenvalue weighted by Crippen LogP contribution is -2.45. The molecule has 0 radical (unpaired) electrons. The summed E-state index contributed by atoms with van der Waals surface area (Å²) in [5.74, 6) is -2.54. The zero-order valence-corrected chi connectivity index (χ0v) is 23.5. The van der Waals surface area contributed by atoms with Crippen molar-refractivity contribution in [2.75, 3.05) is 0 Å². The fourth-order valence-corrected chi connectivity index (χ4v) is 4.91. The van der Waals surface area contributed by atoms with E-state index in [9.17, 15) is 33.0 Å². The molecule has 10 heteroatoms. The van der Waals surface area contributed by atoms with Gasteiger partial charge in [-0.3, -0.25) is 9.59 Å². The maximum atomic E-state index is 13.8. The minimum Gasteiger partial charge on any atom is -0.457 e. The molecule has 0 unspecified atom stereocenters. The van der Waals surface area contributed by atoms with E-state index < -0.39 is 65.5 Å². The average Bonchev–Trinajstić information content (AvgIpc) is 3.23. The van der Waals surface area contributed by atoms with Crippen LogP contribution in [0.25, 0.3) is 6.08 Å². The predicted molar refractivity (Wildman–Crippen MR) is 141 cm³/mol. The molecule has 1 aliphatic rings. The zero-order chi connectivity index (χ0) is 28.8. The van der Waals surface area contributed by atoms with Crippen molar-refractivity contribution in [1.82, 2.24) is 4.98 Å². The van der Waals surface area contributed by atoms with E-state index in [1.165, 1.54) is 31.3 Å². The van der Waals surface area contributed by atoms with Gasteiger partial charge in [0.15, 0.2) is 0 Å². The standard InChI is InChI=1S/C28H38F3NO5S/c1-16-9-7-8-10-20(28(29,30)31)11-12-22(17(2)13-21-15-38-19(4)32-21)37-24(34)14-23(33)27(5,6)26(36)18(3)25(16)35/h7-8,11,13,15-16,18,22-23,25,33,35H,9-10,12,14H2,1-6H3/b8-7+,17-13+,20-11+/t16-,18+,22-,23-,25-/m0/s1. The molecule has 0 aliphatic carbocycles. The number of nitrogens with zero attached hydrogens (tertiary/aromatic N) is 1. The van der Waals surface area contributed by atoms with Crippen LogP contribution in [0, 0.1) is 24.2 Å². The maximum absolute atomic E-state index is 13.8. The van der Waals surface area contributed by atoms with Gasteiger partial charge in [0.1, 0.15) is 11.9 Å². The molecule has 38 heavy (non-hydrogen) atoms. The van der Waals surface area contributed by atoms with Gasteiger partial charge in [-0.05, 0) is 44.3 Å². The maximum Gasteiger partial charge on any atom is 0.412 e. The number of aliphatic hydroxyl groups excluding tert-OH is 2. The van der Waals surface area contributed by atoms with Crippen LogP contribution in [0.1, 0.15) is 71.0 Å². The summed E-state index contributed by atoms with van der Waals surface area (Å²) in [5.41, 5.74) is -1.06. The first-order valence-corrected chi connectivity index (χ1v) is 13.5. The van der Waals surface area contributed by atoms with Crippen molar-refractivity contribution in [3.63, 3.8) is 0 Å². The fraction of sp³-hybridized carbons (Fsp3) is 0.607. The van der Waals surface area contributed by atoms with Crippen molar-refractivity contribution in [2.24, 2.45) is 17.3 Å². The lowest BCUT2D eigenvalue weighted by atomic mass is 9.73. The lowest BCUT2D eigenvalue weighted by Gasteiger charge is -2.34. The monoisotopic (exact) mass is 557 g/mol. The normalized spacial score (nSPS) is 31.2. The molecule has 0 saturated carbocycles. The number of rotatable bonds is 2. The summed E-state index contributed by atoms with van der Waals surface area (Å²) in [7, 11) is 0. The van der Waals surface area contributed by atoms with E-state index in [2.05, 4.69) is 4.98 Å². The summed E-state index contributed by atoms with van der Waals surface area (Å²) in [6.07, 6.45) is -3.37. The molecule has 2 N–H and O–H groups in total. The number of carbonyl (C=O) groups is 2. The Morgan fingerprint density at radius 3 is 2.42 bits per heavy atom. The third-order valence-corrected chi connectivity index (χ3v) is 7.88. The molecular formula is C28H38F3NO5S. The largest absolute Gasteiger partial charge is 0.457 e. The van der Waals surface area contributed by atoms with Crippen molar-refractivity contribution in [1.29, 1.82) is 0 Å². The van der Waals surface area contributed by atoms with E-state index in [-0.39, 0.29) is 19.3 Å². The topological polar surface area (TPSA) is 96.7 Å². The summed E-state index contributed by atoms with van der Waals surface area (Å²) in [4.78, 5) is 30.4. The van der Waals surface area contributed by atoms with Gasteiger partial charge in [0, 0.05) is 23.3 Å². The number of esters is 1. The number of cyclic esters (lactones) is 1. The number of aromatic nitrogens is 1. The second kappa shape index (κ2) is 13.2. The van der Waals surface area contributed by atoms with Gasteiger partial charge in [-0.2, -0.15) is 13.2 Å². The minimum atomic E-state index is -4.59. The molecule has 0 bridgehead atoms. The van der Waals surface area contributed by atoms with Crippen molar-refractivity contribution in [3.8, 4) is 0 Å². The van der Waals surface area contributed by atoms with Crippen LogP contribution in [0.4, 0.5) is 13.2 Å². The van der Waals surface area contributed by atoms with E-state index in [1.54, 1.807) is 38.3 Å². The molecule has 1 aromatic heterocycles. The number of hydrogen-bond donors (Lipinski definition) is 2. The number of ether oxygens (including phenoxy) is 1. The molecule has 1 aliphatic heterocycles. The molecule has 0 saturated heterocycles. The van der Waals surface area contributed by atoms with Gasteiger partial charge in [0.25, 0.3) is 0 Å². The Hall–Kier alpha value is -2.30. The molecule has 0 aromatic carbocycles. The molecule has 0 fully saturated rings. The van der Waals surface area contributed by atoms with Crippen LogP contribution >= 0.6 is 11.3 Å². The number of halogens is 3. The molecule has 1 aromatic rings. The number of allylic oxidation sites excluding steroid dienone is 3. The SMILES string of the molecule is C/C(=C\c1csc(C)n1)[C@@H]1C/C=C(/C(F)(F)F)C/C=C/C[C@H](C)[C@H](O)[C@@H](C)C(=O)C(C)(C)[C@@H](O)CC(=O)O1. The van der Waals surface area contributed by atoms with Gasteiger partial charge in [-0.1, -0.05) is 45.9 Å². The van der Waals surface area contributed by atoms with Gasteiger partial charge < -0.3 is 14.9 Å². The number of aryl methyl sites for hydroxylation is 1. The van der Waals surface area contributed by atoms with Gasteiger partial charge in [0.2, 0.25) is 0 Å².